The molecule has 0 saturated heterocycles. The second-order valence-electron chi connectivity index (χ2n) is 4.79. The monoisotopic (exact) mass is 235 g/mol. The summed E-state index contributed by atoms with van der Waals surface area (Å²) in [7, 11) is 1.66. The van der Waals surface area contributed by atoms with Crippen molar-refractivity contribution in [3.63, 3.8) is 0 Å². The highest BCUT2D eigenvalue weighted by atomic mass is 16.5. The minimum Gasteiger partial charge on any atom is -0.493 e. The van der Waals surface area contributed by atoms with Crippen molar-refractivity contribution in [2.45, 2.75) is 32.2 Å². The molecule has 0 amide bonds. The molecule has 1 aromatic rings. The molecule has 0 aromatic heterocycles. The summed E-state index contributed by atoms with van der Waals surface area (Å²) >= 11 is 0. The lowest BCUT2D eigenvalue weighted by molar-refractivity contribution is 0.275. The van der Waals surface area contributed by atoms with Gasteiger partial charge in [0.25, 0.3) is 0 Å². The predicted octanol–water partition coefficient (Wildman–Crippen LogP) is 2.51. The predicted molar refractivity (Wildman–Crippen MR) is 68.5 cm³/mol. The molecular formula is C14H21NO2. The Hall–Kier alpha value is -1.22. The number of nitrogens with two attached hydrogens (primary N) is 1. The molecule has 2 N–H and O–H groups in total. The third-order valence-corrected chi connectivity index (χ3v) is 3.26. The Kier molecular flexibility index (Phi) is 3.89. The second kappa shape index (κ2) is 5.41. The van der Waals surface area contributed by atoms with Crippen molar-refractivity contribution in [1.29, 1.82) is 0 Å². The van der Waals surface area contributed by atoms with Gasteiger partial charge in [0.15, 0.2) is 11.5 Å². The van der Waals surface area contributed by atoms with E-state index in [1.807, 2.05) is 25.1 Å². The summed E-state index contributed by atoms with van der Waals surface area (Å²) in [5.74, 6) is 2.34. The Morgan fingerprint density at radius 1 is 1.35 bits per heavy atom. The van der Waals surface area contributed by atoms with Crippen LogP contribution < -0.4 is 15.2 Å². The third-order valence-electron chi connectivity index (χ3n) is 3.26. The minimum absolute atomic E-state index is 0.298. The molecule has 1 atom stereocenters. The first-order valence-electron chi connectivity index (χ1n) is 6.23. The van der Waals surface area contributed by atoms with Crippen LogP contribution in [-0.4, -0.2) is 19.8 Å². The summed E-state index contributed by atoms with van der Waals surface area (Å²) in [6, 6.07) is 6.26. The highest BCUT2D eigenvalue weighted by Crippen LogP contribution is 2.33. The van der Waals surface area contributed by atoms with Crippen LogP contribution in [0, 0.1) is 12.8 Å². The van der Waals surface area contributed by atoms with E-state index in [1.54, 1.807) is 7.11 Å². The fraction of sp³-hybridized carbons (Fsp3) is 0.571. The average Bonchev–Trinajstić information content (AvgIpc) is 3.14. The van der Waals surface area contributed by atoms with E-state index in [1.165, 1.54) is 18.4 Å². The molecule has 1 aliphatic carbocycles. The molecule has 0 radical (unpaired) electrons. The topological polar surface area (TPSA) is 44.5 Å². The maximum Gasteiger partial charge on any atom is 0.161 e. The number of hydrogen-bond donors (Lipinski definition) is 1. The smallest absolute Gasteiger partial charge is 0.161 e. The maximum atomic E-state index is 6.03. The van der Waals surface area contributed by atoms with Crippen molar-refractivity contribution < 1.29 is 9.47 Å². The molecule has 0 bridgehead atoms. The molecule has 2 rings (SSSR count). The molecule has 0 heterocycles. The number of ether oxygens (including phenoxy) is 2. The van der Waals surface area contributed by atoms with Crippen molar-refractivity contribution >= 4 is 0 Å². The van der Waals surface area contributed by atoms with Gasteiger partial charge in [-0.2, -0.15) is 0 Å². The van der Waals surface area contributed by atoms with Crippen LogP contribution in [-0.2, 0) is 0 Å². The molecule has 0 spiro atoms. The normalized spacial score (nSPS) is 16.6. The van der Waals surface area contributed by atoms with E-state index in [2.05, 4.69) is 0 Å². The molecule has 3 nitrogen and oxygen atoms in total. The second-order valence-corrected chi connectivity index (χ2v) is 4.79. The quantitative estimate of drug-likeness (QED) is 0.824. The number of benzene rings is 1. The summed E-state index contributed by atoms with van der Waals surface area (Å²) in [6.07, 6.45) is 3.49. The zero-order valence-electron chi connectivity index (χ0n) is 10.6. The number of aryl methyl sites for hydroxylation is 1. The van der Waals surface area contributed by atoms with Gasteiger partial charge >= 0.3 is 0 Å². The summed E-state index contributed by atoms with van der Waals surface area (Å²) < 4.78 is 11.0. The van der Waals surface area contributed by atoms with E-state index < -0.39 is 0 Å². The van der Waals surface area contributed by atoms with Gasteiger partial charge < -0.3 is 15.2 Å². The van der Waals surface area contributed by atoms with Gasteiger partial charge in [0, 0.05) is 6.04 Å². The Bertz CT molecular complexity index is 374. The van der Waals surface area contributed by atoms with Crippen molar-refractivity contribution in [3.05, 3.63) is 23.8 Å². The van der Waals surface area contributed by atoms with Gasteiger partial charge in [-0.15, -0.1) is 0 Å². The molecule has 1 aromatic carbocycles. The molecule has 17 heavy (non-hydrogen) atoms. The lowest BCUT2D eigenvalue weighted by Crippen LogP contribution is -2.24. The van der Waals surface area contributed by atoms with E-state index in [4.69, 9.17) is 15.2 Å². The molecule has 1 aliphatic rings. The SMILES string of the molecule is COc1cc(C)ccc1OCCC(N)C1CC1. The van der Waals surface area contributed by atoms with E-state index in [9.17, 15) is 0 Å². The van der Waals surface area contributed by atoms with Gasteiger partial charge in [0.05, 0.1) is 13.7 Å². The number of methoxy groups -OCH3 is 1. The highest BCUT2D eigenvalue weighted by molar-refractivity contribution is 5.42. The molecule has 1 unspecified atom stereocenters. The van der Waals surface area contributed by atoms with Gasteiger partial charge in [0.1, 0.15) is 0 Å². The standard InChI is InChI=1S/C14H21NO2/c1-10-3-6-13(14(9-10)16-2)17-8-7-12(15)11-4-5-11/h3,6,9,11-12H,4-5,7-8,15H2,1-2H3. The van der Waals surface area contributed by atoms with Crippen molar-refractivity contribution in [3.8, 4) is 11.5 Å². The summed E-state index contributed by atoms with van der Waals surface area (Å²) in [6.45, 7) is 2.70. The molecule has 1 fully saturated rings. The Balaban J connectivity index is 1.85. The van der Waals surface area contributed by atoms with Crippen molar-refractivity contribution in [2.75, 3.05) is 13.7 Å². The Morgan fingerprint density at radius 2 is 2.12 bits per heavy atom. The van der Waals surface area contributed by atoms with Crippen LogP contribution in [0.4, 0.5) is 0 Å². The largest absolute Gasteiger partial charge is 0.493 e. The zero-order chi connectivity index (χ0) is 12.3. The first-order valence-corrected chi connectivity index (χ1v) is 6.23. The molecule has 3 heteroatoms. The Labute approximate surface area is 103 Å². The summed E-state index contributed by atoms with van der Waals surface area (Å²) in [5, 5.41) is 0. The van der Waals surface area contributed by atoms with Crippen LogP contribution in [0.2, 0.25) is 0 Å². The van der Waals surface area contributed by atoms with Crippen LogP contribution in [0.25, 0.3) is 0 Å². The maximum absolute atomic E-state index is 6.03. The van der Waals surface area contributed by atoms with Gasteiger partial charge in [0.2, 0.25) is 0 Å². The minimum atomic E-state index is 0.298. The summed E-state index contributed by atoms with van der Waals surface area (Å²) in [4.78, 5) is 0. The van der Waals surface area contributed by atoms with Crippen molar-refractivity contribution in [2.24, 2.45) is 11.7 Å². The average molecular weight is 235 g/mol. The van der Waals surface area contributed by atoms with Crippen LogP contribution in [0.15, 0.2) is 18.2 Å². The van der Waals surface area contributed by atoms with Crippen LogP contribution in [0.3, 0.4) is 0 Å². The van der Waals surface area contributed by atoms with Crippen molar-refractivity contribution in [1.82, 2.24) is 0 Å². The first kappa shape index (κ1) is 12.2. The molecular weight excluding hydrogens is 214 g/mol. The lowest BCUT2D eigenvalue weighted by Gasteiger charge is -2.13. The zero-order valence-corrected chi connectivity index (χ0v) is 10.6. The van der Waals surface area contributed by atoms with E-state index in [0.717, 1.165) is 23.8 Å². The van der Waals surface area contributed by atoms with Crippen LogP contribution >= 0.6 is 0 Å². The number of rotatable bonds is 6. The van der Waals surface area contributed by atoms with E-state index in [0.29, 0.717) is 12.6 Å². The number of hydrogen-bond acceptors (Lipinski definition) is 3. The van der Waals surface area contributed by atoms with Crippen LogP contribution in [0.5, 0.6) is 11.5 Å². The summed E-state index contributed by atoms with van der Waals surface area (Å²) in [5.41, 5.74) is 7.20. The van der Waals surface area contributed by atoms with Gasteiger partial charge in [-0.05, 0) is 49.8 Å². The fourth-order valence-electron chi connectivity index (χ4n) is 1.96. The Morgan fingerprint density at radius 3 is 2.76 bits per heavy atom. The first-order chi connectivity index (χ1) is 8.20. The van der Waals surface area contributed by atoms with E-state index in [-0.39, 0.29) is 0 Å². The van der Waals surface area contributed by atoms with Crippen LogP contribution in [0.1, 0.15) is 24.8 Å². The lowest BCUT2D eigenvalue weighted by atomic mass is 10.1. The third kappa shape index (κ3) is 3.37. The highest BCUT2D eigenvalue weighted by Gasteiger charge is 2.28. The molecule has 94 valence electrons. The fourth-order valence-corrected chi connectivity index (χ4v) is 1.96. The van der Waals surface area contributed by atoms with Gasteiger partial charge in [-0.25, -0.2) is 0 Å². The molecule has 1 saturated carbocycles. The van der Waals surface area contributed by atoms with Gasteiger partial charge in [-0.3, -0.25) is 0 Å². The van der Waals surface area contributed by atoms with Gasteiger partial charge in [-0.1, -0.05) is 6.07 Å². The molecule has 0 aliphatic heterocycles. The van der Waals surface area contributed by atoms with E-state index >= 15 is 0 Å².